The second kappa shape index (κ2) is 10.9. The predicted octanol–water partition coefficient (Wildman–Crippen LogP) is -0.0220. The molecule has 0 saturated carbocycles. The number of hydrogen-bond donors (Lipinski definition) is 0. The normalized spacial score (nSPS) is 3.00. The largest absolute Gasteiger partial charge is 0.335 e. The summed E-state index contributed by atoms with van der Waals surface area (Å²) in [6, 6.07) is 0. The SMILES string of the molecule is O=S=O.[S]. The van der Waals surface area contributed by atoms with Crippen LogP contribution in [0.3, 0.4) is 0 Å². The molecule has 0 aromatic rings. The van der Waals surface area contributed by atoms with Gasteiger partial charge in [-0.25, -0.2) is 0 Å². The first-order valence-corrected chi connectivity index (χ1v) is 1.00. The van der Waals surface area contributed by atoms with Crippen molar-refractivity contribution in [3.63, 3.8) is 0 Å². The molecule has 0 saturated heterocycles. The Morgan fingerprint density at radius 2 is 1.25 bits per heavy atom. The molecule has 0 aromatic heterocycles. The van der Waals surface area contributed by atoms with E-state index in [0.29, 0.717) is 0 Å². The van der Waals surface area contributed by atoms with Gasteiger partial charge in [-0.2, -0.15) is 8.42 Å². The maximum Gasteiger partial charge on any atom is 0.335 e. The van der Waals surface area contributed by atoms with Gasteiger partial charge in [0.25, 0.3) is 0 Å². The van der Waals surface area contributed by atoms with E-state index < -0.39 is 11.6 Å². The standard InChI is InChI=1S/O2S.S/c1-3-2;. The molecule has 0 spiro atoms. The molecule has 0 aromatic carbocycles. The van der Waals surface area contributed by atoms with Crippen molar-refractivity contribution in [3.8, 4) is 0 Å². The minimum Gasteiger partial charge on any atom is -0.168 e. The second-order valence-corrected chi connectivity index (χ2v) is 0.204. The smallest absolute Gasteiger partial charge is 0.168 e. The van der Waals surface area contributed by atoms with E-state index in [2.05, 4.69) is 0 Å². The van der Waals surface area contributed by atoms with E-state index in [-0.39, 0.29) is 13.5 Å². The molecule has 0 aliphatic heterocycles. The quantitative estimate of drug-likeness (QED) is 0.424. The van der Waals surface area contributed by atoms with Gasteiger partial charge >= 0.3 is 11.6 Å². The lowest BCUT2D eigenvalue weighted by Gasteiger charge is -0.947. The first kappa shape index (κ1) is 8.90. The molecule has 24 valence electrons. The van der Waals surface area contributed by atoms with Crippen LogP contribution >= 0.6 is 13.5 Å². The molecular weight excluding hydrogens is 96.1 g/mol. The monoisotopic (exact) mass is 95.9 g/mol. The minimum absolute atomic E-state index is 0. The molecule has 0 rings (SSSR count). The van der Waals surface area contributed by atoms with Gasteiger partial charge in [0, 0.05) is 13.5 Å². The summed E-state index contributed by atoms with van der Waals surface area (Å²) < 4.78 is 16.6. The van der Waals surface area contributed by atoms with Crippen LogP contribution in [0.25, 0.3) is 0 Å². The lowest BCUT2D eigenvalue weighted by Crippen LogP contribution is -1.18. The van der Waals surface area contributed by atoms with E-state index in [4.69, 9.17) is 8.42 Å². The van der Waals surface area contributed by atoms with Gasteiger partial charge in [-0.1, -0.05) is 0 Å². The van der Waals surface area contributed by atoms with Gasteiger partial charge in [0.05, 0.1) is 0 Å². The average Bonchev–Trinajstić information content (AvgIpc) is 0.918. The Labute approximate surface area is 34.3 Å². The third-order valence-electron chi connectivity index (χ3n) is 0. The zero-order valence-electron chi connectivity index (χ0n) is 1.63. The summed E-state index contributed by atoms with van der Waals surface area (Å²) in [5.74, 6) is 0. The second-order valence-electron chi connectivity index (χ2n) is 0.0680. The van der Waals surface area contributed by atoms with E-state index in [1.54, 1.807) is 0 Å². The van der Waals surface area contributed by atoms with Gasteiger partial charge in [0.15, 0.2) is 0 Å². The van der Waals surface area contributed by atoms with Crippen LogP contribution in [0.1, 0.15) is 0 Å². The summed E-state index contributed by atoms with van der Waals surface area (Å²) in [6.07, 6.45) is 0. The highest BCUT2D eigenvalue weighted by Gasteiger charge is 1.12. The molecule has 0 atom stereocenters. The summed E-state index contributed by atoms with van der Waals surface area (Å²) in [6.45, 7) is 0. The van der Waals surface area contributed by atoms with Crippen LogP contribution in [0, 0.1) is 0 Å². The van der Waals surface area contributed by atoms with Crippen molar-refractivity contribution in [3.05, 3.63) is 0 Å². The first-order chi connectivity index (χ1) is 1.41. The molecule has 2 radical (unpaired) electrons. The van der Waals surface area contributed by atoms with Gasteiger partial charge in [0.1, 0.15) is 0 Å². The van der Waals surface area contributed by atoms with Crippen molar-refractivity contribution in [1.82, 2.24) is 0 Å². The highest BCUT2D eigenvalue weighted by Crippen LogP contribution is 0.846. The average molecular weight is 96.1 g/mol. The van der Waals surface area contributed by atoms with Crippen molar-refractivity contribution in [1.29, 1.82) is 0 Å². The Bertz CT molecular complexity index is 25.0. The van der Waals surface area contributed by atoms with Crippen LogP contribution in [0.2, 0.25) is 0 Å². The zero-order chi connectivity index (χ0) is 2.71. The molecule has 0 bridgehead atoms. The Morgan fingerprint density at radius 3 is 1.25 bits per heavy atom. The molecule has 0 heterocycles. The first-order valence-electron chi connectivity index (χ1n) is 0.333. The summed E-state index contributed by atoms with van der Waals surface area (Å²) in [5.41, 5.74) is 0. The Hall–Kier alpha value is 0.170. The fraction of sp³-hybridized carbons (Fsp3) is 0. The molecule has 0 amide bonds. The highest BCUT2D eigenvalue weighted by molar-refractivity contribution is 7.59. The number of rotatable bonds is 0. The van der Waals surface area contributed by atoms with Gasteiger partial charge in [-0.3, -0.25) is 0 Å². The summed E-state index contributed by atoms with van der Waals surface area (Å²) >= 11 is -0.750. The van der Waals surface area contributed by atoms with Gasteiger partial charge in [-0.05, 0) is 0 Å². The van der Waals surface area contributed by atoms with Gasteiger partial charge in [0.2, 0.25) is 0 Å². The van der Waals surface area contributed by atoms with E-state index in [1.165, 1.54) is 0 Å². The van der Waals surface area contributed by atoms with Crippen LogP contribution in [-0.2, 0) is 11.6 Å². The maximum atomic E-state index is 8.29. The molecule has 0 unspecified atom stereocenters. The lowest BCUT2D eigenvalue weighted by molar-refractivity contribution is 0.630. The zero-order valence-corrected chi connectivity index (χ0v) is 3.27. The topological polar surface area (TPSA) is 34.1 Å². The molecule has 4 heteroatoms. The molecule has 4 heavy (non-hydrogen) atoms. The van der Waals surface area contributed by atoms with Crippen molar-refractivity contribution in [2.45, 2.75) is 0 Å². The Balaban J connectivity index is 0. The molecular formula is O2S2. The molecule has 0 N–H and O–H groups in total. The Morgan fingerprint density at radius 1 is 1.25 bits per heavy atom. The maximum absolute atomic E-state index is 8.29. The van der Waals surface area contributed by atoms with Crippen LogP contribution < -0.4 is 0 Å². The Kier molecular flexibility index (Phi) is 24.3. The predicted molar refractivity (Wildman–Crippen MR) is 16.5 cm³/mol. The van der Waals surface area contributed by atoms with E-state index >= 15 is 0 Å². The molecule has 2 nitrogen and oxygen atoms in total. The fourth-order valence-corrected chi connectivity index (χ4v) is 0. The van der Waals surface area contributed by atoms with Crippen LogP contribution in [0.5, 0.6) is 0 Å². The van der Waals surface area contributed by atoms with Crippen molar-refractivity contribution in [2.24, 2.45) is 0 Å². The van der Waals surface area contributed by atoms with E-state index in [1.807, 2.05) is 0 Å². The van der Waals surface area contributed by atoms with Crippen molar-refractivity contribution >= 4 is 25.1 Å². The molecule has 0 aliphatic carbocycles. The van der Waals surface area contributed by atoms with Gasteiger partial charge in [-0.15, -0.1) is 0 Å². The lowest BCUT2D eigenvalue weighted by atomic mass is 15.9. The summed E-state index contributed by atoms with van der Waals surface area (Å²) in [5, 5.41) is 0. The van der Waals surface area contributed by atoms with Crippen LogP contribution in [0.15, 0.2) is 0 Å². The molecule has 0 fully saturated rings. The third-order valence-corrected chi connectivity index (χ3v) is 0. The van der Waals surface area contributed by atoms with Crippen LogP contribution in [-0.4, -0.2) is 8.42 Å². The summed E-state index contributed by atoms with van der Waals surface area (Å²) in [7, 11) is 0. The van der Waals surface area contributed by atoms with Crippen LogP contribution in [0.4, 0.5) is 0 Å². The highest BCUT2D eigenvalue weighted by atomic mass is 32.1. The van der Waals surface area contributed by atoms with Crippen molar-refractivity contribution in [2.75, 3.05) is 0 Å². The number of hydrogen-bond acceptors (Lipinski definition) is 2. The van der Waals surface area contributed by atoms with E-state index in [0.717, 1.165) is 0 Å². The summed E-state index contributed by atoms with van der Waals surface area (Å²) in [4.78, 5) is 0. The molecule has 0 aliphatic rings. The van der Waals surface area contributed by atoms with Gasteiger partial charge < -0.3 is 0 Å². The minimum atomic E-state index is -0.750. The van der Waals surface area contributed by atoms with Crippen molar-refractivity contribution < 1.29 is 8.42 Å². The fourth-order valence-electron chi connectivity index (χ4n) is 0. The third kappa shape index (κ3) is 103. The van der Waals surface area contributed by atoms with E-state index in [9.17, 15) is 0 Å².